The van der Waals surface area contributed by atoms with Crippen LogP contribution in [0, 0.1) is 5.92 Å². The maximum atomic E-state index is 12.6. The average molecular weight is 450 g/mol. The molecular formula is C24H23N3O4S. The van der Waals surface area contributed by atoms with Gasteiger partial charge in [-0.05, 0) is 29.0 Å². The van der Waals surface area contributed by atoms with Gasteiger partial charge in [0.05, 0.1) is 10.8 Å². The standard InChI is InChI=1S/C24H23N3O4S/c28-21-14-19(16-26(21)15-18-9-5-2-6-10-18)22(29)25-11-12-27-23(30)20(32-24(27)31)13-17-7-3-1-4-8-17/h1-10,13,19H,11-12,14-16H2,(H,25,29)/b20-13-/t19-/m0/s1. The number of amides is 4. The Labute approximate surface area is 190 Å². The van der Waals surface area contributed by atoms with Gasteiger partial charge < -0.3 is 10.2 Å². The van der Waals surface area contributed by atoms with Crippen LogP contribution < -0.4 is 5.32 Å². The van der Waals surface area contributed by atoms with E-state index in [1.165, 1.54) is 0 Å². The first kappa shape index (κ1) is 21.8. The molecule has 2 aromatic rings. The first-order chi connectivity index (χ1) is 15.5. The predicted molar refractivity (Wildman–Crippen MR) is 122 cm³/mol. The van der Waals surface area contributed by atoms with E-state index in [4.69, 9.17) is 0 Å². The Morgan fingerprint density at radius 3 is 2.44 bits per heavy atom. The number of likely N-dealkylation sites (tertiary alicyclic amines) is 1. The maximum absolute atomic E-state index is 12.6. The van der Waals surface area contributed by atoms with Crippen LogP contribution in [0.25, 0.3) is 6.08 Å². The highest BCUT2D eigenvalue weighted by molar-refractivity contribution is 8.18. The first-order valence-corrected chi connectivity index (χ1v) is 11.2. The van der Waals surface area contributed by atoms with Crippen molar-refractivity contribution < 1.29 is 19.2 Å². The number of thioether (sulfide) groups is 1. The zero-order valence-corrected chi connectivity index (χ0v) is 18.2. The van der Waals surface area contributed by atoms with Gasteiger partial charge in [-0.1, -0.05) is 60.7 Å². The minimum atomic E-state index is -0.431. The van der Waals surface area contributed by atoms with Gasteiger partial charge in [0.25, 0.3) is 11.1 Å². The molecule has 0 unspecified atom stereocenters. The van der Waals surface area contributed by atoms with Crippen LogP contribution in [0.15, 0.2) is 65.6 Å². The summed E-state index contributed by atoms with van der Waals surface area (Å²) >= 11 is 0.897. The van der Waals surface area contributed by atoms with Gasteiger partial charge in [0.2, 0.25) is 11.8 Å². The lowest BCUT2D eigenvalue weighted by Crippen LogP contribution is -2.40. The third-order valence-electron chi connectivity index (χ3n) is 5.41. The summed E-state index contributed by atoms with van der Waals surface area (Å²) in [5.74, 6) is -1.08. The number of nitrogens with one attached hydrogen (secondary N) is 1. The number of carbonyl (C=O) groups is 4. The Bertz CT molecular complexity index is 1060. The van der Waals surface area contributed by atoms with Crippen molar-refractivity contribution in [3.63, 3.8) is 0 Å². The highest BCUT2D eigenvalue weighted by Gasteiger charge is 2.36. The fourth-order valence-corrected chi connectivity index (χ4v) is 4.60. The fourth-order valence-electron chi connectivity index (χ4n) is 3.73. The molecule has 8 heteroatoms. The molecule has 0 saturated carbocycles. The van der Waals surface area contributed by atoms with Crippen LogP contribution in [0.2, 0.25) is 0 Å². The van der Waals surface area contributed by atoms with Gasteiger partial charge in [-0.15, -0.1) is 0 Å². The minimum absolute atomic E-state index is 0.0500. The monoisotopic (exact) mass is 449 g/mol. The number of nitrogens with zero attached hydrogens (tertiary/aromatic N) is 2. The van der Waals surface area contributed by atoms with Crippen molar-refractivity contribution in [3.05, 3.63) is 76.7 Å². The van der Waals surface area contributed by atoms with Gasteiger partial charge in [0.1, 0.15) is 0 Å². The van der Waals surface area contributed by atoms with Crippen LogP contribution in [0.4, 0.5) is 4.79 Å². The number of imide groups is 1. The number of rotatable bonds is 7. The average Bonchev–Trinajstić information content (AvgIpc) is 3.29. The van der Waals surface area contributed by atoms with E-state index in [-0.39, 0.29) is 42.5 Å². The van der Waals surface area contributed by atoms with E-state index >= 15 is 0 Å². The molecule has 164 valence electrons. The van der Waals surface area contributed by atoms with Gasteiger partial charge in [0.15, 0.2) is 0 Å². The molecule has 0 spiro atoms. The van der Waals surface area contributed by atoms with Crippen LogP contribution in [-0.4, -0.2) is 52.4 Å². The Hall–Kier alpha value is -3.39. The molecule has 2 heterocycles. The minimum Gasteiger partial charge on any atom is -0.354 e. The second-order valence-electron chi connectivity index (χ2n) is 7.70. The topological polar surface area (TPSA) is 86.8 Å². The molecule has 2 aliphatic rings. The zero-order valence-electron chi connectivity index (χ0n) is 17.4. The van der Waals surface area contributed by atoms with Gasteiger partial charge in [-0.2, -0.15) is 0 Å². The van der Waals surface area contributed by atoms with E-state index in [2.05, 4.69) is 5.32 Å². The largest absolute Gasteiger partial charge is 0.354 e. The van der Waals surface area contributed by atoms with Crippen molar-refractivity contribution >= 4 is 40.8 Å². The molecule has 0 aliphatic carbocycles. The zero-order chi connectivity index (χ0) is 22.5. The predicted octanol–water partition coefficient (Wildman–Crippen LogP) is 2.89. The first-order valence-electron chi connectivity index (χ1n) is 10.4. The van der Waals surface area contributed by atoms with Gasteiger partial charge in [-0.3, -0.25) is 24.1 Å². The third-order valence-corrected chi connectivity index (χ3v) is 6.31. The summed E-state index contributed by atoms with van der Waals surface area (Å²) in [6.45, 7) is 1.09. The molecule has 7 nitrogen and oxygen atoms in total. The molecule has 1 atom stereocenters. The number of hydrogen-bond donors (Lipinski definition) is 1. The van der Waals surface area contributed by atoms with Crippen LogP contribution >= 0.6 is 11.8 Å². The Balaban J connectivity index is 1.27. The fraction of sp³-hybridized carbons (Fsp3) is 0.250. The molecule has 0 bridgehead atoms. The Morgan fingerprint density at radius 1 is 1.03 bits per heavy atom. The summed E-state index contributed by atoms with van der Waals surface area (Å²) in [6.07, 6.45) is 1.86. The third kappa shape index (κ3) is 5.08. The Kier molecular flexibility index (Phi) is 6.70. The van der Waals surface area contributed by atoms with Crippen LogP contribution in [-0.2, 0) is 20.9 Å². The molecule has 2 aromatic carbocycles. The highest BCUT2D eigenvalue weighted by Crippen LogP contribution is 2.31. The number of hydrogen-bond acceptors (Lipinski definition) is 5. The van der Waals surface area contributed by atoms with Gasteiger partial charge >= 0.3 is 0 Å². The molecule has 0 aromatic heterocycles. The van der Waals surface area contributed by atoms with E-state index < -0.39 is 5.92 Å². The summed E-state index contributed by atoms with van der Waals surface area (Å²) in [4.78, 5) is 52.8. The lowest BCUT2D eigenvalue weighted by atomic mass is 10.1. The normalized spacial score (nSPS) is 19.8. The molecule has 32 heavy (non-hydrogen) atoms. The van der Waals surface area contributed by atoms with Crippen LogP contribution in [0.5, 0.6) is 0 Å². The number of benzene rings is 2. The van der Waals surface area contributed by atoms with Gasteiger partial charge in [-0.25, -0.2) is 0 Å². The van der Waals surface area contributed by atoms with E-state index in [0.29, 0.717) is 18.0 Å². The summed E-state index contributed by atoms with van der Waals surface area (Å²) in [7, 11) is 0. The molecule has 2 fully saturated rings. The molecular weight excluding hydrogens is 426 g/mol. The van der Waals surface area contributed by atoms with Crippen LogP contribution in [0.3, 0.4) is 0 Å². The van der Waals surface area contributed by atoms with Crippen molar-refractivity contribution in [2.45, 2.75) is 13.0 Å². The summed E-state index contributed by atoms with van der Waals surface area (Å²) < 4.78 is 0. The van der Waals surface area contributed by atoms with Crippen molar-refractivity contribution in [2.24, 2.45) is 5.92 Å². The SMILES string of the molecule is O=C(NCCN1C(=O)S/C(=C\c2ccccc2)C1=O)[C@H]1CC(=O)N(Cc2ccccc2)C1. The molecule has 4 amide bonds. The van der Waals surface area contributed by atoms with E-state index in [0.717, 1.165) is 27.8 Å². The molecule has 0 radical (unpaired) electrons. The summed E-state index contributed by atoms with van der Waals surface area (Å²) in [5, 5.41) is 2.42. The second-order valence-corrected chi connectivity index (χ2v) is 8.69. The van der Waals surface area contributed by atoms with Crippen LogP contribution in [0.1, 0.15) is 17.5 Å². The number of carbonyl (C=O) groups excluding carboxylic acids is 4. The van der Waals surface area contributed by atoms with E-state index in [1.807, 2.05) is 60.7 Å². The molecule has 1 N–H and O–H groups in total. The van der Waals surface area contributed by atoms with E-state index in [9.17, 15) is 19.2 Å². The van der Waals surface area contributed by atoms with Crippen molar-refractivity contribution in [1.82, 2.24) is 15.1 Å². The Morgan fingerprint density at radius 2 is 1.72 bits per heavy atom. The van der Waals surface area contributed by atoms with Crippen molar-refractivity contribution in [3.8, 4) is 0 Å². The highest BCUT2D eigenvalue weighted by atomic mass is 32.2. The maximum Gasteiger partial charge on any atom is 0.293 e. The lowest BCUT2D eigenvalue weighted by Gasteiger charge is -2.17. The molecule has 2 aliphatic heterocycles. The smallest absolute Gasteiger partial charge is 0.293 e. The molecule has 4 rings (SSSR count). The molecule has 2 saturated heterocycles. The lowest BCUT2D eigenvalue weighted by molar-refractivity contribution is -0.129. The van der Waals surface area contributed by atoms with Crippen molar-refractivity contribution in [2.75, 3.05) is 19.6 Å². The second kappa shape index (κ2) is 9.82. The summed E-state index contributed by atoms with van der Waals surface area (Å²) in [5.41, 5.74) is 1.86. The van der Waals surface area contributed by atoms with Gasteiger partial charge in [0, 0.05) is 32.6 Å². The van der Waals surface area contributed by atoms with Crippen molar-refractivity contribution in [1.29, 1.82) is 0 Å². The van der Waals surface area contributed by atoms with E-state index in [1.54, 1.807) is 11.0 Å². The quantitative estimate of drug-likeness (QED) is 0.657. The summed E-state index contributed by atoms with van der Waals surface area (Å²) in [6, 6.07) is 19.0.